The summed E-state index contributed by atoms with van der Waals surface area (Å²) in [6.07, 6.45) is 1.99. The first-order chi connectivity index (χ1) is 8.90. The van der Waals surface area contributed by atoms with Gasteiger partial charge < -0.3 is 4.52 Å². The fraction of sp³-hybridized carbons (Fsp3) is 0.636. The maximum absolute atomic E-state index is 5.33. The lowest BCUT2D eigenvalue weighted by atomic mass is 9.96. The van der Waals surface area contributed by atoms with E-state index in [1.807, 2.05) is 13.2 Å². The molecule has 0 saturated heterocycles. The van der Waals surface area contributed by atoms with E-state index in [1.165, 1.54) is 0 Å². The zero-order chi connectivity index (χ0) is 14.0. The Labute approximate surface area is 125 Å². The van der Waals surface area contributed by atoms with Gasteiger partial charge in [-0.1, -0.05) is 60.8 Å². The highest BCUT2D eigenvalue weighted by Gasteiger charge is 2.24. The van der Waals surface area contributed by atoms with Crippen molar-refractivity contribution in [2.45, 2.75) is 47.0 Å². The predicted octanol–water partition coefficient (Wildman–Crippen LogP) is 3.79. The van der Waals surface area contributed by atoms with Gasteiger partial charge in [0.15, 0.2) is 14.5 Å². The summed E-state index contributed by atoms with van der Waals surface area (Å²) in [6.45, 7) is 8.23. The Morgan fingerprint density at radius 2 is 1.89 bits per heavy atom. The van der Waals surface area contributed by atoms with Crippen molar-refractivity contribution in [3.05, 3.63) is 11.7 Å². The van der Waals surface area contributed by atoms with E-state index < -0.39 is 0 Å². The average molecular weight is 316 g/mol. The summed E-state index contributed by atoms with van der Waals surface area (Å²) in [5.41, 5.74) is -0.0963. The molecule has 8 heteroatoms. The smallest absolute Gasteiger partial charge is 0.239 e. The van der Waals surface area contributed by atoms with Gasteiger partial charge in [-0.15, -0.1) is 10.2 Å². The van der Waals surface area contributed by atoms with Crippen molar-refractivity contribution in [2.24, 2.45) is 0 Å². The fourth-order valence-electron chi connectivity index (χ4n) is 1.23. The molecule has 19 heavy (non-hydrogen) atoms. The molecule has 0 spiro atoms. The molecule has 2 rings (SSSR count). The highest BCUT2D eigenvalue weighted by Crippen LogP contribution is 2.37. The van der Waals surface area contributed by atoms with Crippen LogP contribution in [0.15, 0.2) is 13.2 Å². The van der Waals surface area contributed by atoms with Crippen molar-refractivity contribution in [1.82, 2.24) is 20.3 Å². The van der Waals surface area contributed by atoms with Gasteiger partial charge in [0.25, 0.3) is 0 Å². The lowest BCUT2D eigenvalue weighted by molar-refractivity contribution is 0.364. The molecule has 2 heterocycles. The first kappa shape index (κ1) is 14.8. The summed E-state index contributed by atoms with van der Waals surface area (Å²) >= 11 is 4.77. The maximum Gasteiger partial charge on any atom is 0.239 e. The van der Waals surface area contributed by atoms with E-state index in [0.717, 1.165) is 14.5 Å². The van der Waals surface area contributed by atoms with Crippen molar-refractivity contribution in [1.29, 1.82) is 0 Å². The molecule has 0 amide bonds. The molecule has 1 atom stereocenters. The second kappa shape index (κ2) is 5.80. The lowest BCUT2D eigenvalue weighted by Crippen LogP contribution is -2.13. The van der Waals surface area contributed by atoms with Crippen molar-refractivity contribution in [2.75, 3.05) is 6.26 Å². The van der Waals surface area contributed by atoms with E-state index in [2.05, 4.69) is 41.1 Å². The van der Waals surface area contributed by atoms with Crippen LogP contribution in [0, 0.1) is 0 Å². The topological polar surface area (TPSA) is 64.7 Å². The number of nitrogens with zero attached hydrogens (tertiary/aromatic N) is 4. The van der Waals surface area contributed by atoms with Gasteiger partial charge in [-0.2, -0.15) is 4.98 Å². The Bertz CT molecular complexity index is 546. The van der Waals surface area contributed by atoms with Crippen LogP contribution in [0.1, 0.15) is 44.7 Å². The van der Waals surface area contributed by atoms with E-state index in [9.17, 15) is 0 Å². The van der Waals surface area contributed by atoms with E-state index >= 15 is 0 Å². The minimum atomic E-state index is -0.0963. The number of rotatable bonds is 4. The Kier molecular flexibility index (Phi) is 4.52. The van der Waals surface area contributed by atoms with Crippen LogP contribution in [0.2, 0.25) is 0 Å². The Balaban J connectivity index is 2.07. The summed E-state index contributed by atoms with van der Waals surface area (Å²) in [5.74, 6) is 1.37. The minimum absolute atomic E-state index is 0.0752. The zero-order valence-corrected chi connectivity index (χ0v) is 13.9. The molecule has 2 aromatic rings. The molecule has 1 unspecified atom stereocenters. The standard InChI is InChI=1S/C11H16N4OS3/c1-6(18-10-14-13-9(17-5)19-10)7-12-8(15-16-7)11(2,3)4/h6H,1-5H3. The van der Waals surface area contributed by atoms with Crippen LogP contribution in [-0.2, 0) is 5.41 Å². The van der Waals surface area contributed by atoms with Gasteiger partial charge in [0, 0.05) is 5.41 Å². The van der Waals surface area contributed by atoms with E-state index in [-0.39, 0.29) is 10.7 Å². The first-order valence-electron chi connectivity index (χ1n) is 5.78. The molecule has 2 aromatic heterocycles. The molecule has 0 fully saturated rings. The number of aromatic nitrogens is 4. The largest absolute Gasteiger partial charge is 0.338 e. The van der Waals surface area contributed by atoms with Gasteiger partial charge in [-0.25, -0.2) is 0 Å². The Morgan fingerprint density at radius 3 is 2.42 bits per heavy atom. The van der Waals surface area contributed by atoms with Gasteiger partial charge in [-0.3, -0.25) is 0 Å². The Morgan fingerprint density at radius 1 is 1.21 bits per heavy atom. The van der Waals surface area contributed by atoms with Crippen molar-refractivity contribution < 1.29 is 4.52 Å². The fourth-order valence-corrected chi connectivity index (χ4v) is 3.85. The monoisotopic (exact) mass is 316 g/mol. The first-order valence-corrected chi connectivity index (χ1v) is 8.70. The zero-order valence-electron chi connectivity index (χ0n) is 11.5. The molecule has 0 aromatic carbocycles. The van der Waals surface area contributed by atoms with Crippen molar-refractivity contribution in [3.63, 3.8) is 0 Å². The molecule has 0 saturated carbocycles. The molecule has 104 valence electrons. The van der Waals surface area contributed by atoms with E-state index in [0.29, 0.717) is 5.89 Å². The highest BCUT2D eigenvalue weighted by molar-refractivity contribution is 8.03. The van der Waals surface area contributed by atoms with Crippen LogP contribution in [0.3, 0.4) is 0 Å². The molecular weight excluding hydrogens is 300 g/mol. The maximum atomic E-state index is 5.33. The summed E-state index contributed by atoms with van der Waals surface area (Å²) in [4.78, 5) is 4.46. The van der Waals surface area contributed by atoms with Crippen LogP contribution in [0.4, 0.5) is 0 Å². The number of hydrogen-bond donors (Lipinski definition) is 0. The molecule has 0 bridgehead atoms. The SMILES string of the molecule is CSc1nnc(SC(C)c2nc(C(C)(C)C)no2)s1. The third kappa shape index (κ3) is 3.70. The quantitative estimate of drug-likeness (QED) is 0.795. The van der Waals surface area contributed by atoms with Crippen molar-refractivity contribution >= 4 is 34.9 Å². The van der Waals surface area contributed by atoms with Crippen molar-refractivity contribution in [3.8, 4) is 0 Å². The Hall–Kier alpha value is -0.600. The number of hydrogen-bond acceptors (Lipinski definition) is 8. The van der Waals surface area contributed by atoms with Gasteiger partial charge in [0.05, 0.1) is 5.25 Å². The summed E-state index contributed by atoms with van der Waals surface area (Å²) < 4.78 is 7.22. The second-order valence-electron chi connectivity index (χ2n) is 5.00. The van der Waals surface area contributed by atoms with Crippen LogP contribution in [0.25, 0.3) is 0 Å². The third-order valence-electron chi connectivity index (χ3n) is 2.30. The molecule has 0 N–H and O–H groups in total. The average Bonchev–Trinajstić information content (AvgIpc) is 2.96. The summed E-state index contributed by atoms with van der Waals surface area (Å²) in [6, 6.07) is 0. The normalized spacial score (nSPS) is 13.7. The van der Waals surface area contributed by atoms with E-state index in [1.54, 1.807) is 34.9 Å². The van der Waals surface area contributed by atoms with Crippen LogP contribution < -0.4 is 0 Å². The second-order valence-corrected chi connectivity index (χ2v) is 8.62. The molecular formula is C11H16N4OS3. The molecule has 5 nitrogen and oxygen atoms in total. The summed E-state index contributed by atoms with van der Waals surface area (Å²) in [5, 5.41) is 12.3. The molecule has 0 aliphatic carbocycles. The molecule has 0 aliphatic rings. The predicted molar refractivity (Wildman–Crippen MR) is 79.0 cm³/mol. The van der Waals surface area contributed by atoms with Crippen LogP contribution in [0.5, 0.6) is 0 Å². The highest BCUT2D eigenvalue weighted by atomic mass is 32.2. The van der Waals surface area contributed by atoms with Gasteiger partial charge in [0.2, 0.25) is 5.89 Å². The van der Waals surface area contributed by atoms with Crippen LogP contribution in [-0.4, -0.2) is 26.6 Å². The van der Waals surface area contributed by atoms with Gasteiger partial charge >= 0.3 is 0 Å². The number of thioether (sulfide) groups is 2. The van der Waals surface area contributed by atoms with Gasteiger partial charge in [-0.05, 0) is 13.2 Å². The summed E-state index contributed by atoms with van der Waals surface area (Å²) in [7, 11) is 0. The minimum Gasteiger partial charge on any atom is -0.338 e. The van der Waals surface area contributed by atoms with E-state index in [4.69, 9.17) is 4.52 Å². The molecule has 0 radical (unpaired) electrons. The third-order valence-corrected chi connectivity index (χ3v) is 5.37. The lowest BCUT2D eigenvalue weighted by Gasteiger charge is -2.11. The van der Waals surface area contributed by atoms with Gasteiger partial charge in [0.1, 0.15) is 0 Å². The van der Waals surface area contributed by atoms with Crippen LogP contribution >= 0.6 is 34.9 Å². The molecule has 0 aliphatic heterocycles.